The predicted molar refractivity (Wildman–Crippen MR) is 122 cm³/mol. The molecule has 1 aromatic rings. The summed E-state index contributed by atoms with van der Waals surface area (Å²) in [5, 5.41) is 33.6. The number of benzene rings is 1. The Bertz CT molecular complexity index is 865. The number of hydrogen-bond acceptors (Lipinski definition) is 8. The minimum Gasteiger partial charge on any atom is -0.508 e. The first-order valence-corrected chi connectivity index (χ1v) is 11.1. The highest BCUT2D eigenvalue weighted by Gasteiger charge is 2.39. The van der Waals surface area contributed by atoms with Gasteiger partial charge in [-0.15, -0.1) is 0 Å². The van der Waals surface area contributed by atoms with Crippen LogP contribution in [0.2, 0.25) is 0 Å². The van der Waals surface area contributed by atoms with E-state index in [4.69, 9.17) is 5.73 Å². The van der Waals surface area contributed by atoms with Crippen LogP contribution in [0.5, 0.6) is 5.75 Å². The summed E-state index contributed by atoms with van der Waals surface area (Å²) in [5.41, 5.74) is 6.64. The summed E-state index contributed by atoms with van der Waals surface area (Å²) in [6.45, 7) is 1.50. The lowest BCUT2D eigenvalue weighted by atomic mass is 10.1. The maximum atomic E-state index is 12.8. The number of aliphatic carboxylic acids is 1. The van der Waals surface area contributed by atoms with Crippen molar-refractivity contribution in [2.24, 2.45) is 5.73 Å². The predicted octanol–water partition coefficient (Wildman–Crippen LogP) is -1.38. The number of aliphatic hydroxyl groups excluding tert-OH is 1. The van der Waals surface area contributed by atoms with Crippen LogP contribution in [0, 0.1) is 0 Å². The number of nitrogens with zero attached hydrogens (tertiary/aromatic N) is 1. The van der Waals surface area contributed by atoms with Crippen LogP contribution in [0.15, 0.2) is 24.3 Å². The Labute approximate surface area is 196 Å². The molecule has 1 fully saturated rings. The van der Waals surface area contributed by atoms with Gasteiger partial charge in [0.1, 0.15) is 23.9 Å². The number of phenols is 1. The number of carbonyl (C=O) groups is 4. The molecule has 1 heterocycles. The molecule has 0 spiro atoms. The Kier molecular flexibility index (Phi) is 9.50. The summed E-state index contributed by atoms with van der Waals surface area (Å²) >= 11 is 4.08. The first-order chi connectivity index (χ1) is 15.5. The highest BCUT2D eigenvalue weighted by molar-refractivity contribution is 7.80. The number of nitrogens with two attached hydrogens (primary N) is 1. The van der Waals surface area contributed by atoms with E-state index in [1.165, 1.54) is 19.1 Å². The zero-order valence-corrected chi connectivity index (χ0v) is 19.1. The zero-order chi connectivity index (χ0) is 24.7. The SMILES string of the molecule is CC(O)C(NC(=O)C(CS)NC(=O)C(N)Cc1ccc(O)cc1)C(=O)N1CCCC1C(=O)O. The van der Waals surface area contributed by atoms with Crippen LogP contribution in [0.25, 0.3) is 0 Å². The van der Waals surface area contributed by atoms with Gasteiger partial charge in [0.05, 0.1) is 12.1 Å². The number of thiol groups is 1. The van der Waals surface area contributed by atoms with Crippen molar-refractivity contribution in [3.05, 3.63) is 29.8 Å². The Morgan fingerprint density at radius 1 is 1.18 bits per heavy atom. The molecule has 1 aromatic carbocycles. The van der Waals surface area contributed by atoms with Crippen molar-refractivity contribution in [1.29, 1.82) is 0 Å². The molecule has 5 atom stereocenters. The number of likely N-dealkylation sites (tertiary alicyclic amines) is 1. The van der Waals surface area contributed by atoms with E-state index in [9.17, 15) is 34.5 Å². The van der Waals surface area contributed by atoms with Crippen molar-refractivity contribution < 1.29 is 34.5 Å². The molecule has 11 nitrogen and oxygen atoms in total. The van der Waals surface area contributed by atoms with E-state index in [0.29, 0.717) is 12.0 Å². The standard InChI is InChI=1S/C21H30N4O7S/c1-11(26)17(20(30)25-8-2-3-16(25)21(31)32)24-19(29)15(10-33)23-18(28)14(22)9-12-4-6-13(27)7-5-12/h4-7,11,14-17,26-27,33H,2-3,8-10,22H2,1H3,(H,23,28)(H,24,29)(H,31,32). The smallest absolute Gasteiger partial charge is 0.326 e. The van der Waals surface area contributed by atoms with Crippen molar-refractivity contribution in [2.45, 2.75) is 56.5 Å². The molecule has 33 heavy (non-hydrogen) atoms. The third kappa shape index (κ3) is 7.07. The molecule has 1 aliphatic rings. The molecule has 7 N–H and O–H groups in total. The van der Waals surface area contributed by atoms with Gasteiger partial charge in [0.2, 0.25) is 17.7 Å². The molecule has 5 unspecified atom stereocenters. The lowest BCUT2D eigenvalue weighted by Crippen LogP contribution is -2.60. The first kappa shape index (κ1) is 26.4. The molecule has 12 heteroatoms. The van der Waals surface area contributed by atoms with E-state index < -0.39 is 54.0 Å². The second-order valence-corrected chi connectivity index (χ2v) is 8.34. The van der Waals surface area contributed by atoms with Crippen molar-refractivity contribution in [2.75, 3.05) is 12.3 Å². The minimum atomic E-state index is -1.39. The van der Waals surface area contributed by atoms with Crippen LogP contribution in [-0.2, 0) is 25.6 Å². The molecule has 1 aliphatic heterocycles. The second kappa shape index (κ2) is 11.9. The Hall–Kier alpha value is -2.83. The van der Waals surface area contributed by atoms with Gasteiger partial charge in [0.25, 0.3) is 0 Å². The molecule has 0 radical (unpaired) electrons. The van der Waals surface area contributed by atoms with Gasteiger partial charge in [0.15, 0.2) is 0 Å². The number of aromatic hydroxyl groups is 1. The molecule has 0 saturated carbocycles. The van der Waals surface area contributed by atoms with Crippen molar-refractivity contribution in [3.8, 4) is 5.75 Å². The summed E-state index contributed by atoms with van der Waals surface area (Å²) in [5.74, 6) is -3.28. The Morgan fingerprint density at radius 3 is 2.36 bits per heavy atom. The van der Waals surface area contributed by atoms with Crippen LogP contribution >= 0.6 is 12.6 Å². The quantitative estimate of drug-likeness (QED) is 0.199. The van der Waals surface area contributed by atoms with E-state index >= 15 is 0 Å². The lowest BCUT2D eigenvalue weighted by molar-refractivity contribution is -0.150. The van der Waals surface area contributed by atoms with Gasteiger partial charge >= 0.3 is 5.97 Å². The molecule has 182 valence electrons. The van der Waals surface area contributed by atoms with E-state index in [1.54, 1.807) is 12.1 Å². The fourth-order valence-electron chi connectivity index (χ4n) is 3.56. The third-order valence-corrected chi connectivity index (χ3v) is 5.78. The highest BCUT2D eigenvalue weighted by atomic mass is 32.1. The van der Waals surface area contributed by atoms with E-state index in [2.05, 4.69) is 23.3 Å². The number of amides is 3. The molecular weight excluding hydrogens is 452 g/mol. The van der Waals surface area contributed by atoms with E-state index in [-0.39, 0.29) is 30.9 Å². The number of phenolic OH excluding ortho intramolecular Hbond substituents is 1. The number of hydrogen-bond donors (Lipinski definition) is 7. The summed E-state index contributed by atoms with van der Waals surface area (Å²) < 4.78 is 0. The molecule has 2 rings (SSSR count). The number of aliphatic hydroxyl groups is 1. The lowest BCUT2D eigenvalue weighted by Gasteiger charge is -2.30. The topological polar surface area (TPSA) is 182 Å². The number of carboxylic acids is 1. The number of nitrogens with one attached hydrogen (secondary N) is 2. The minimum absolute atomic E-state index is 0.0781. The molecule has 3 amide bonds. The fraction of sp³-hybridized carbons (Fsp3) is 0.524. The maximum Gasteiger partial charge on any atom is 0.326 e. The first-order valence-electron chi connectivity index (χ1n) is 10.5. The van der Waals surface area contributed by atoms with Gasteiger partial charge in [-0.3, -0.25) is 14.4 Å². The molecular formula is C21H30N4O7S. The average Bonchev–Trinajstić information content (AvgIpc) is 3.26. The average molecular weight is 483 g/mol. The number of carboxylic acid groups (broad SMARTS) is 1. The molecule has 0 aliphatic carbocycles. The fourth-order valence-corrected chi connectivity index (χ4v) is 3.82. The van der Waals surface area contributed by atoms with Gasteiger partial charge < -0.3 is 36.6 Å². The van der Waals surface area contributed by atoms with Crippen LogP contribution in [-0.4, -0.2) is 86.5 Å². The van der Waals surface area contributed by atoms with Gasteiger partial charge in [-0.1, -0.05) is 12.1 Å². The molecule has 0 aromatic heterocycles. The van der Waals surface area contributed by atoms with Crippen molar-refractivity contribution in [3.63, 3.8) is 0 Å². The summed E-state index contributed by atoms with van der Waals surface area (Å²) in [4.78, 5) is 50.6. The summed E-state index contributed by atoms with van der Waals surface area (Å²) in [7, 11) is 0. The Morgan fingerprint density at radius 2 is 1.82 bits per heavy atom. The van der Waals surface area contributed by atoms with Crippen molar-refractivity contribution >= 4 is 36.3 Å². The van der Waals surface area contributed by atoms with Crippen LogP contribution in [0.1, 0.15) is 25.3 Å². The highest BCUT2D eigenvalue weighted by Crippen LogP contribution is 2.19. The van der Waals surface area contributed by atoms with E-state index in [0.717, 1.165) is 4.90 Å². The van der Waals surface area contributed by atoms with Crippen molar-refractivity contribution in [1.82, 2.24) is 15.5 Å². The largest absolute Gasteiger partial charge is 0.508 e. The van der Waals surface area contributed by atoms with Crippen LogP contribution in [0.3, 0.4) is 0 Å². The van der Waals surface area contributed by atoms with Crippen LogP contribution < -0.4 is 16.4 Å². The summed E-state index contributed by atoms with van der Waals surface area (Å²) in [6, 6.07) is 1.63. The number of carbonyl (C=O) groups excluding carboxylic acids is 3. The molecule has 1 saturated heterocycles. The number of rotatable bonds is 10. The second-order valence-electron chi connectivity index (χ2n) is 7.98. The van der Waals surface area contributed by atoms with Gasteiger partial charge in [-0.05, 0) is 43.9 Å². The summed E-state index contributed by atoms with van der Waals surface area (Å²) in [6.07, 6.45) is -0.356. The zero-order valence-electron chi connectivity index (χ0n) is 18.2. The van der Waals surface area contributed by atoms with Gasteiger partial charge in [-0.2, -0.15) is 12.6 Å². The monoisotopic (exact) mass is 482 g/mol. The van der Waals surface area contributed by atoms with Crippen LogP contribution in [0.4, 0.5) is 0 Å². The normalized spacial score (nSPS) is 19.3. The third-order valence-electron chi connectivity index (χ3n) is 5.41. The van der Waals surface area contributed by atoms with Gasteiger partial charge in [0, 0.05) is 12.3 Å². The van der Waals surface area contributed by atoms with E-state index in [1.807, 2.05) is 0 Å². The molecule has 0 bridgehead atoms. The Balaban J connectivity index is 2.01. The van der Waals surface area contributed by atoms with Gasteiger partial charge in [-0.25, -0.2) is 4.79 Å². The maximum absolute atomic E-state index is 12.8.